The lowest BCUT2D eigenvalue weighted by atomic mass is 9.88. The molecule has 1 heterocycles. The van der Waals surface area contributed by atoms with Gasteiger partial charge in [-0.15, -0.1) is 0 Å². The molecule has 0 spiro atoms. The molecule has 1 N–H and O–H groups in total. The minimum Gasteiger partial charge on any atom is -0.494 e. The van der Waals surface area contributed by atoms with Crippen LogP contribution < -0.4 is 4.74 Å². The van der Waals surface area contributed by atoms with Gasteiger partial charge in [-0.1, -0.05) is 34.1 Å². The first-order valence-electron chi connectivity index (χ1n) is 9.77. The summed E-state index contributed by atoms with van der Waals surface area (Å²) >= 11 is 3.42. The van der Waals surface area contributed by atoms with Gasteiger partial charge in [-0.3, -0.25) is 9.69 Å². The van der Waals surface area contributed by atoms with Crippen LogP contribution in [0.25, 0.3) is 0 Å². The van der Waals surface area contributed by atoms with Gasteiger partial charge in [0.25, 0.3) is 0 Å². The normalized spacial score (nSPS) is 18.8. The Kier molecular flexibility index (Phi) is 7.08. The van der Waals surface area contributed by atoms with E-state index in [1.54, 1.807) is 24.3 Å². The second-order valence-electron chi connectivity index (χ2n) is 7.28. The van der Waals surface area contributed by atoms with E-state index in [1.165, 1.54) is 12.1 Å². The summed E-state index contributed by atoms with van der Waals surface area (Å²) in [5.41, 5.74) is -0.0565. The van der Waals surface area contributed by atoms with Crippen LogP contribution in [0.2, 0.25) is 0 Å². The number of halogens is 4. The number of piperidine rings is 1. The zero-order valence-electron chi connectivity index (χ0n) is 16.5. The summed E-state index contributed by atoms with van der Waals surface area (Å²) in [6, 6.07) is 9.95. The number of carboxylic acids is 1. The third kappa shape index (κ3) is 4.98. The number of alkyl halides is 3. The minimum absolute atomic E-state index is 0.0927. The van der Waals surface area contributed by atoms with Crippen molar-refractivity contribution < 1.29 is 27.8 Å². The lowest BCUT2D eigenvalue weighted by molar-refractivity contribution is -0.144. The quantitative estimate of drug-likeness (QED) is 0.565. The predicted octanol–water partition coefficient (Wildman–Crippen LogP) is 5.75. The molecule has 1 saturated heterocycles. The van der Waals surface area contributed by atoms with Crippen molar-refractivity contribution in [3.63, 3.8) is 0 Å². The number of benzene rings is 2. The molecule has 2 aromatic rings. The number of ether oxygens (including phenoxy) is 1. The molecule has 2 atom stereocenters. The molecular weight excluding hydrogens is 463 g/mol. The van der Waals surface area contributed by atoms with Crippen LogP contribution in [0.5, 0.6) is 5.75 Å². The predicted molar refractivity (Wildman–Crippen MR) is 111 cm³/mol. The third-order valence-corrected chi connectivity index (χ3v) is 5.79. The largest absolute Gasteiger partial charge is 0.494 e. The van der Waals surface area contributed by atoms with Crippen LogP contribution in [0.1, 0.15) is 42.5 Å². The monoisotopic (exact) mass is 485 g/mol. The SMILES string of the molecule is CCOc1ccc(Br)cc1C(c1ccccc1C(F)(F)F)N1CCCC(C(=O)O)C1. The molecule has 162 valence electrons. The Bertz CT molecular complexity index is 903. The fourth-order valence-corrected chi connectivity index (χ4v) is 4.40. The van der Waals surface area contributed by atoms with Crippen molar-refractivity contribution in [1.29, 1.82) is 0 Å². The van der Waals surface area contributed by atoms with Crippen LogP contribution in [0.3, 0.4) is 0 Å². The molecule has 1 aliphatic rings. The topological polar surface area (TPSA) is 49.8 Å². The van der Waals surface area contributed by atoms with Crippen molar-refractivity contribution in [2.75, 3.05) is 19.7 Å². The van der Waals surface area contributed by atoms with Gasteiger partial charge in [0.15, 0.2) is 0 Å². The van der Waals surface area contributed by atoms with E-state index in [2.05, 4.69) is 15.9 Å². The molecule has 3 rings (SSSR count). The summed E-state index contributed by atoms with van der Waals surface area (Å²) in [6.45, 7) is 2.84. The fraction of sp³-hybridized carbons (Fsp3) is 0.409. The number of carboxylic acid groups (broad SMARTS) is 1. The molecule has 1 fully saturated rings. The lowest BCUT2D eigenvalue weighted by Gasteiger charge is -2.39. The van der Waals surface area contributed by atoms with Gasteiger partial charge in [0.05, 0.1) is 24.1 Å². The first kappa shape index (κ1) is 22.6. The highest BCUT2D eigenvalue weighted by Gasteiger charge is 2.39. The zero-order chi connectivity index (χ0) is 21.9. The molecular formula is C22H23BrF3NO3. The van der Waals surface area contributed by atoms with Gasteiger partial charge >= 0.3 is 12.1 Å². The molecule has 0 aromatic heterocycles. The van der Waals surface area contributed by atoms with Crippen molar-refractivity contribution in [3.05, 3.63) is 63.6 Å². The molecule has 0 bridgehead atoms. The lowest BCUT2D eigenvalue weighted by Crippen LogP contribution is -2.42. The summed E-state index contributed by atoms with van der Waals surface area (Å²) < 4.78 is 48.1. The number of nitrogens with zero attached hydrogens (tertiary/aromatic N) is 1. The van der Waals surface area contributed by atoms with Crippen LogP contribution in [0.15, 0.2) is 46.9 Å². The maximum Gasteiger partial charge on any atom is 0.416 e. The second kappa shape index (κ2) is 9.39. The summed E-state index contributed by atoms with van der Waals surface area (Å²) in [6.07, 6.45) is -3.43. The number of carbonyl (C=O) groups is 1. The fourth-order valence-electron chi connectivity index (χ4n) is 4.02. The van der Waals surface area contributed by atoms with E-state index in [4.69, 9.17) is 4.74 Å². The van der Waals surface area contributed by atoms with Gasteiger partial charge in [-0.25, -0.2) is 0 Å². The van der Waals surface area contributed by atoms with Crippen LogP contribution in [0, 0.1) is 5.92 Å². The standard InChI is InChI=1S/C22H23BrF3NO3/c1-2-30-19-10-9-15(23)12-17(19)20(27-11-5-6-14(13-27)21(28)29)16-7-3-4-8-18(16)22(24,25)26/h3-4,7-10,12,14,20H,2,5-6,11,13H2,1H3,(H,28,29). The number of rotatable bonds is 6. The smallest absolute Gasteiger partial charge is 0.416 e. The van der Waals surface area contributed by atoms with E-state index in [9.17, 15) is 23.1 Å². The number of hydrogen-bond acceptors (Lipinski definition) is 3. The van der Waals surface area contributed by atoms with Gasteiger partial charge < -0.3 is 9.84 Å². The second-order valence-corrected chi connectivity index (χ2v) is 8.19. The first-order valence-corrected chi connectivity index (χ1v) is 10.6. The Morgan fingerprint density at radius 2 is 2.00 bits per heavy atom. The molecule has 8 heteroatoms. The van der Waals surface area contributed by atoms with Crippen LogP contribution in [0.4, 0.5) is 13.2 Å². The third-order valence-electron chi connectivity index (χ3n) is 5.29. The average Bonchev–Trinajstić information content (AvgIpc) is 2.70. The van der Waals surface area contributed by atoms with E-state index in [0.717, 1.165) is 6.07 Å². The van der Waals surface area contributed by atoms with Gasteiger partial charge in [0.2, 0.25) is 0 Å². The minimum atomic E-state index is -4.53. The summed E-state index contributed by atoms with van der Waals surface area (Å²) in [5, 5.41) is 9.51. The van der Waals surface area contributed by atoms with Crippen LogP contribution in [-0.4, -0.2) is 35.7 Å². The zero-order valence-corrected chi connectivity index (χ0v) is 18.0. The molecule has 0 radical (unpaired) electrons. The van der Waals surface area contributed by atoms with Crippen molar-refractivity contribution in [2.24, 2.45) is 5.92 Å². The molecule has 0 saturated carbocycles. The van der Waals surface area contributed by atoms with E-state index >= 15 is 0 Å². The maximum absolute atomic E-state index is 13.9. The Morgan fingerprint density at radius 1 is 1.27 bits per heavy atom. The van der Waals surface area contributed by atoms with Gasteiger partial charge in [-0.05, 0) is 56.1 Å². The van der Waals surface area contributed by atoms with Crippen molar-refractivity contribution in [3.8, 4) is 5.75 Å². The van der Waals surface area contributed by atoms with Crippen LogP contribution in [-0.2, 0) is 11.0 Å². The van der Waals surface area contributed by atoms with Gasteiger partial charge in [0.1, 0.15) is 5.75 Å². The van der Waals surface area contributed by atoms with E-state index in [1.807, 2.05) is 11.8 Å². The van der Waals surface area contributed by atoms with Crippen LogP contribution >= 0.6 is 15.9 Å². The molecule has 4 nitrogen and oxygen atoms in total. The summed E-state index contributed by atoms with van der Waals surface area (Å²) in [5.74, 6) is -1.07. The summed E-state index contributed by atoms with van der Waals surface area (Å²) in [4.78, 5) is 13.4. The molecule has 0 aliphatic carbocycles. The molecule has 1 aliphatic heterocycles. The van der Waals surface area contributed by atoms with Gasteiger partial charge in [0, 0.05) is 16.6 Å². The number of aliphatic carboxylic acids is 1. The highest BCUT2D eigenvalue weighted by molar-refractivity contribution is 9.10. The highest BCUT2D eigenvalue weighted by atomic mass is 79.9. The molecule has 2 aromatic carbocycles. The number of hydrogen-bond donors (Lipinski definition) is 1. The maximum atomic E-state index is 13.9. The van der Waals surface area contributed by atoms with E-state index in [0.29, 0.717) is 41.8 Å². The Labute approximate surface area is 181 Å². The van der Waals surface area contributed by atoms with E-state index in [-0.39, 0.29) is 12.1 Å². The number of likely N-dealkylation sites (tertiary alicyclic amines) is 1. The molecule has 2 unspecified atom stereocenters. The Hall–Kier alpha value is -2.06. The van der Waals surface area contributed by atoms with Crippen molar-refractivity contribution in [1.82, 2.24) is 4.90 Å². The van der Waals surface area contributed by atoms with Gasteiger partial charge in [-0.2, -0.15) is 13.2 Å². The van der Waals surface area contributed by atoms with Crippen molar-refractivity contribution >= 4 is 21.9 Å². The Morgan fingerprint density at radius 3 is 2.67 bits per heavy atom. The molecule has 30 heavy (non-hydrogen) atoms. The highest BCUT2D eigenvalue weighted by Crippen LogP contribution is 2.43. The Balaban J connectivity index is 2.19. The van der Waals surface area contributed by atoms with E-state index < -0.39 is 29.7 Å². The van der Waals surface area contributed by atoms with Crippen molar-refractivity contribution in [2.45, 2.75) is 32.0 Å². The summed E-state index contributed by atoms with van der Waals surface area (Å²) in [7, 11) is 0. The first-order chi connectivity index (χ1) is 14.2. The molecule has 0 amide bonds. The average molecular weight is 486 g/mol.